The van der Waals surface area contributed by atoms with Crippen molar-refractivity contribution in [3.63, 3.8) is 0 Å². The standard InChI is InChI=1S/C24H29ClFN3O7S/c1-12-7-9-17(26)19(13(12)2)14(3)21(23-27-28-24(30)36-23)29-37(31,32)18-10-8-16(25)20(22(18)34-6)15(4)35-11-33-5/h7-10,14-15,21,29H,11H2,1-6H3,(H,28,30). The SMILES string of the molecule is COCOC(C)c1c(Cl)ccc(S(=O)(=O)NC(c2n[nH]c(=O)o2)C(C)c2c(F)ccc(C)c2C)c1OC. The minimum Gasteiger partial charge on any atom is -0.495 e. The van der Waals surface area contributed by atoms with Gasteiger partial charge in [-0.2, -0.15) is 4.72 Å². The molecule has 1 heterocycles. The van der Waals surface area contributed by atoms with Crippen molar-refractivity contribution in [3.05, 3.63) is 73.8 Å². The van der Waals surface area contributed by atoms with E-state index in [9.17, 15) is 17.6 Å². The average Bonchev–Trinajstić information content (AvgIpc) is 3.28. The molecule has 0 saturated carbocycles. The van der Waals surface area contributed by atoms with Gasteiger partial charge in [-0.1, -0.05) is 24.6 Å². The van der Waals surface area contributed by atoms with E-state index in [1.54, 1.807) is 26.8 Å². The lowest BCUT2D eigenvalue weighted by Gasteiger charge is -2.26. The number of methoxy groups -OCH3 is 2. The second-order valence-corrected chi connectivity index (χ2v) is 10.5. The molecule has 0 amide bonds. The number of aromatic nitrogens is 2. The number of ether oxygens (including phenoxy) is 3. The van der Waals surface area contributed by atoms with E-state index >= 15 is 0 Å². The monoisotopic (exact) mass is 557 g/mol. The first-order valence-corrected chi connectivity index (χ1v) is 13.1. The molecule has 0 radical (unpaired) electrons. The zero-order valence-electron chi connectivity index (χ0n) is 21.2. The molecular weight excluding hydrogens is 529 g/mol. The third kappa shape index (κ3) is 6.04. The van der Waals surface area contributed by atoms with Gasteiger partial charge in [-0.25, -0.2) is 22.7 Å². The average molecular weight is 558 g/mol. The second-order valence-electron chi connectivity index (χ2n) is 8.45. The number of nitrogens with zero attached hydrogens (tertiary/aromatic N) is 1. The van der Waals surface area contributed by atoms with Gasteiger partial charge in [0.15, 0.2) is 0 Å². The van der Waals surface area contributed by atoms with Gasteiger partial charge in [0.2, 0.25) is 15.9 Å². The summed E-state index contributed by atoms with van der Waals surface area (Å²) in [5.74, 6) is -2.55. The Kier molecular flexibility index (Phi) is 9.13. The normalized spacial score (nSPS) is 14.4. The van der Waals surface area contributed by atoms with Gasteiger partial charge in [0.05, 0.1) is 18.2 Å². The Morgan fingerprint density at radius 2 is 1.86 bits per heavy atom. The number of aromatic amines is 1. The number of hydrogen-bond donors (Lipinski definition) is 2. The fourth-order valence-electron chi connectivity index (χ4n) is 4.11. The van der Waals surface area contributed by atoms with Crippen molar-refractivity contribution in [1.29, 1.82) is 0 Å². The van der Waals surface area contributed by atoms with Crippen molar-refractivity contribution in [2.75, 3.05) is 21.0 Å². The van der Waals surface area contributed by atoms with E-state index < -0.39 is 39.7 Å². The van der Waals surface area contributed by atoms with Crippen LogP contribution in [0.15, 0.2) is 38.4 Å². The number of hydrogen-bond acceptors (Lipinski definition) is 8. The van der Waals surface area contributed by atoms with Gasteiger partial charge in [0.25, 0.3) is 0 Å². The summed E-state index contributed by atoms with van der Waals surface area (Å²) in [5, 5.41) is 6.16. The Labute approximate surface area is 219 Å². The molecule has 37 heavy (non-hydrogen) atoms. The fraction of sp³-hybridized carbons (Fsp3) is 0.417. The quantitative estimate of drug-likeness (QED) is 0.334. The molecule has 10 nitrogen and oxygen atoms in total. The maximum absolute atomic E-state index is 15.0. The topological polar surface area (TPSA) is 133 Å². The van der Waals surface area contributed by atoms with Crippen molar-refractivity contribution in [3.8, 4) is 5.75 Å². The molecule has 3 unspecified atom stereocenters. The van der Waals surface area contributed by atoms with Gasteiger partial charge in [0.1, 0.15) is 29.3 Å². The Bertz CT molecular complexity index is 1420. The Morgan fingerprint density at radius 3 is 2.46 bits per heavy atom. The van der Waals surface area contributed by atoms with Gasteiger partial charge in [0, 0.05) is 18.6 Å². The predicted molar refractivity (Wildman–Crippen MR) is 134 cm³/mol. The first-order valence-electron chi connectivity index (χ1n) is 11.2. The van der Waals surface area contributed by atoms with Crippen molar-refractivity contribution < 1.29 is 31.4 Å². The fourth-order valence-corrected chi connectivity index (χ4v) is 5.86. The van der Waals surface area contributed by atoms with Crippen molar-refractivity contribution in [2.24, 2.45) is 0 Å². The van der Waals surface area contributed by atoms with Crippen LogP contribution in [0.4, 0.5) is 4.39 Å². The van der Waals surface area contributed by atoms with Crippen LogP contribution in [-0.4, -0.2) is 39.6 Å². The Morgan fingerprint density at radius 1 is 1.16 bits per heavy atom. The summed E-state index contributed by atoms with van der Waals surface area (Å²) in [5.41, 5.74) is 1.98. The third-order valence-corrected chi connectivity index (χ3v) is 7.93. The summed E-state index contributed by atoms with van der Waals surface area (Å²) in [6.07, 6.45) is -0.680. The highest BCUT2D eigenvalue weighted by molar-refractivity contribution is 7.89. The molecule has 0 fully saturated rings. The van der Waals surface area contributed by atoms with Crippen molar-refractivity contribution in [2.45, 2.75) is 50.7 Å². The summed E-state index contributed by atoms with van der Waals surface area (Å²) in [7, 11) is -1.63. The van der Waals surface area contributed by atoms with E-state index in [2.05, 4.69) is 14.9 Å². The lowest BCUT2D eigenvalue weighted by atomic mass is 9.88. The van der Waals surface area contributed by atoms with E-state index in [0.29, 0.717) is 11.1 Å². The number of aryl methyl sites for hydroxylation is 1. The lowest BCUT2D eigenvalue weighted by molar-refractivity contribution is -0.0672. The summed E-state index contributed by atoms with van der Waals surface area (Å²) < 4.78 is 66.0. The highest BCUT2D eigenvalue weighted by atomic mass is 35.5. The first kappa shape index (κ1) is 28.8. The number of sulfonamides is 1. The second kappa shape index (κ2) is 11.7. The first-order chi connectivity index (χ1) is 17.4. The van der Waals surface area contributed by atoms with Gasteiger partial charge >= 0.3 is 5.76 Å². The van der Waals surface area contributed by atoms with Gasteiger partial charge in [-0.05, 0) is 55.7 Å². The number of H-pyrrole nitrogens is 1. The van der Waals surface area contributed by atoms with Gasteiger partial charge < -0.3 is 18.6 Å². The molecule has 0 aliphatic heterocycles. The van der Waals surface area contributed by atoms with Crippen molar-refractivity contribution >= 4 is 21.6 Å². The minimum atomic E-state index is -4.38. The third-order valence-electron chi connectivity index (χ3n) is 6.13. The molecule has 0 saturated heterocycles. The minimum absolute atomic E-state index is 0.0450. The number of nitrogens with one attached hydrogen (secondary N) is 2. The lowest BCUT2D eigenvalue weighted by Crippen LogP contribution is -2.33. The van der Waals surface area contributed by atoms with Crippen LogP contribution in [0.3, 0.4) is 0 Å². The van der Waals surface area contributed by atoms with Crippen molar-refractivity contribution in [1.82, 2.24) is 14.9 Å². The molecule has 3 aromatic rings. The number of halogens is 2. The summed E-state index contributed by atoms with van der Waals surface area (Å²) in [4.78, 5) is 11.5. The molecule has 13 heteroatoms. The molecule has 0 spiro atoms. The molecule has 2 aromatic carbocycles. The smallest absolute Gasteiger partial charge is 0.434 e. The molecule has 3 atom stereocenters. The molecule has 202 valence electrons. The predicted octanol–water partition coefficient (Wildman–Crippen LogP) is 4.29. The zero-order valence-corrected chi connectivity index (χ0v) is 22.8. The number of rotatable bonds is 11. The molecule has 1 aromatic heterocycles. The van der Waals surface area contributed by atoms with E-state index in [1.807, 2.05) is 6.92 Å². The molecule has 3 rings (SSSR count). The van der Waals surface area contributed by atoms with Crippen LogP contribution in [0.5, 0.6) is 5.75 Å². The maximum Gasteiger partial charge on any atom is 0.434 e. The Hall–Kier alpha value is -2.77. The van der Waals surface area contributed by atoms with Gasteiger partial charge in [-0.3, -0.25) is 0 Å². The molecule has 0 aliphatic carbocycles. The zero-order chi connectivity index (χ0) is 27.5. The summed E-state index contributed by atoms with van der Waals surface area (Å²) in [6.45, 7) is 6.75. The van der Waals surface area contributed by atoms with E-state index in [1.165, 1.54) is 32.4 Å². The maximum atomic E-state index is 15.0. The Balaban J connectivity index is 2.13. The largest absolute Gasteiger partial charge is 0.495 e. The van der Waals surface area contributed by atoms with Crippen LogP contribution >= 0.6 is 11.6 Å². The van der Waals surface area contributed by atoms with Crippen LogP contribution in [-0.2, 0) is 19.5 Å². The van der Waals surface area contributed by atoms with Crippen LogP contribution in [0.1, 0.15) is 60.1 Å². The number of benzene rings is 2. The molecule has 2 N–H and O–H groups in total. The van der Waals surface area contributed by atoms with Crippen LogP contribution in [0, 0.1) is 19.7 Å². The van der Waals surface area contributed by atoms with Crippen LogP contribution < -0.4 is 15.2 Å². The summed E-state index contributed by atoms with van der Waals surface area (Å²) >= 11 is 6.37. The van der Waals surface area contributed by atoms with Crippen LogP contribution in [0.25, 0.3) is 0 Å². The van der Waals surface area contributed by atoms with Crippen LogP contribution in [0.2, 0.25) is 5.02 Å². The van der Waals surface area contributed by atoms with E-state index in [4.69, 9.17) is 30.2 Å². The van der Waals surface area contributed by atoms with E-state index in [-0.39, 0.29) is 33.9 Å². The highest BCUT2D eigenvalue weighted by Gasteiger charge is 2.35. The molecular formula is C24H29ClFN3O7S. The summed E-state index contributed by atoms with van der Waals surface area (Å²) in [6, 6.07) is 4.34. The molecule has 0 aliphatic rings. The highest BCUT2D eigenvalue weighted by Crippen LogP contribution is 2.40. The molecule has 0 bridgehead atoms. The van der Waals surface area contributed by atoms with Gasteiger partial charge in [-0.15, -0.1) is 5.10 Å². The van der Waals surface area contributed by atoms with E-state index in [0.717, 1.165) is 5.56 Å².